The Kier molecular flexibility index (Phi) is 13.1. The topological polar surface area (TPSA) is 138 Å². The number of nitrogens with one attached hydrogen (secondary N) is 3. The van der Waals surface area contributed by atoms with Crippen LogP contribution >= 0.6 is 0 Å². The fourth-order valence-corrected chi connectivity index (χ4v) is 9.22. The minimum Gasteiger partial charge on any atom is -0.504 e. The third-order valence-electron chi connectivity index (χ3n) is 12.5. The molecule has 0 fully saturated rings. The van der Waals surface area contributed by atoms with E-state index < -0.39 is 18.1 Å². The summed E-state index contributed by atoms with van der Waals surface area (Å²) in [4.78, 5) is 45.2. The summed E-state index contributed by atoms with van der Waals surface area (Å²) < 4.78 is 13.7. The van der Waals surface area contributed by atoms with Crippen molar-refractivity contribution < 1.29 is 29.0 Å². The van der Waals surface area contributed by atoms with E-state index in [0.717, 1.165) is 53.5 Å². The summed E-state index contributed by atoms with van der Waals surface area (Å²) in [6, 6.07) is 9.40. The van der Waals surface area contributed by atoms with Gasteiger partial charge in [0, 0.05) is 86.9 Å². The number of aromatic nitrogens is 2. The maximum atomic E-state index is 14.5. The highest BCUT2D eigenvalue weighted by Crippen LogP contribution is 2.44. The second-order valence-corrected chi connectivity index (χ2v) is 16.7. The van der Waals surface area contributed by atoms with Crippen molar-refractivity contribution in [2.75, 3.05) is 32.1 Å². The number of methoxy groups -OCH3 is 1. The molecule has 7 rings (SSSR count). The number of aromatic hydroxyl groups is 1. The second kappa shape index (κ2) is 18.6. The van der Waals surface area contributed by atoms with E-state index in [4.69, 9.17) is 9.47 Å². The zero-order chi connectivity index (χ0) is 42.4. The predicted octanol–water partition coefficient (Wildman–Crippen LogP) is 8.15. The number of phenolic OH excluding ortho intramolecular Hbond substituents is 1. The molecule has 4 N–H and O–H groups in total. The van der Waals surface area contributed by atoms with Gasteiger partial charge in [-0.05, 0) is 104 Å². The van der Waals surface area contributed by atoms with Crippen LogP contribution in [0.3, 0.4) is 0 Å². The number of carbonyl (C=O) groups is 3. The number of aromatic amines is 1. The number of dihydropyridines is 1. The van der Waals surface area contributed by atoms with Crippen LogP contribution in [-0.2, 0) is 38.5 Å². The summed E-state index contributed by atoms with van der Waals surface area (Å²) in [5.41, 5.74) is 5.89. The Morgan fingerprint density at radius 3 is 2.67 bits per heavy atom. The third kappa shape index (κ3) is 9.47. The normalized spacial score (nSPS) is 22.4. The number of nitrogens with zero attached hydrogens (tertiary/aromatic N) is 2. The van der Waals surface area contributed by atoms with Gasteiger partial charge in [-0.25, -0.2) is 0 Å². The van der Waals surface area contributed by atoms with Crippen LogP contribution in [0.2, 0.25) is 0 Å². The van der Waals surface area contributed by atoms with Gasteiger partial charge in [-0.1, -0.05) is 49.4 Å². The van der Waals surface area contributed by atoms with Crippen molar-refractivity contribution in [1.82, 2.24) is 20.2 Å². The lowest BCUT2D eigenvalue weighted by molar-refractivity contribution is -0.148. The summed E-state index contributed by atoms with van der Waals surface area (Å²) in [5.74, 6) is 1.15. The first-order chi connectivity index (χ1) is 29.0. The first kappa shape index (κ1) is 42.3. The Morgan fingerprint density at radius 2 is 1.90 bits per heavy atom. The fraction of sp³-hybridized carbons (Fsp3) is 0.408. The summed E-state index contributed by atoms with van der Waals surface area (Å²) in [6.07, 6.45) is 25.3. The highest BCUT2D eigenvalue weighted by molar-refractivity contribution is 5.95. The molecule has 4 bridgehead atoms. The molecule has 11 nitrogen and oxygen atoms in total. The average molecular weight is 814 g/mol. The SMILES string of the molecule is CNCc1cc([C@H]2CC(=O)C[C@H](OC(C)=O)CC[C@@]3(C=CC=C[C@@H]3C)Cc3c[nH]cc3CCC3=CCNC(=C3)N(CCC(C)=O)c3cccc4cn2cc34)cc(OC)c1O. The number of ether oxygens (including phenoxy) is 2. The molecule has 0 saturated carbocycles. The zero-order valence-corrected chi connectivity index (χ0v) is 35.6. The van der Waals surface area contributed by atoms with E-state index >= 15 is 0 Å². The van der Waals surface area contributed by atoms with E-state index in [-0.39, 0.29) is 41.5 Å². The highest BCUT2D eigenvalue weighted by atomic mass is 16.5. The molecule has 1 aliphatic carbocycles. The minimum atomic E-state index is -0.607. The largest absolute Gasteiger partial charge is 0.504 e. The Hall–Kier alpha value is -5.81. The van der Waals surface area contributed by atoms with Crippen LogP contribution in [0.15, 0.2) is 103 Å². The molecule has 0 radical (unpaired) electrons. The van der Waals surface area contributed by atoms with Crippen LogP contribution in [0, 0.1) is 11.3 Å². The van der Waals surface area contributed by atoms with Crippen molar-refractivity contribution in [3.8, 4) is 11.5 Å². The van der Waals surface area contributed by atoms with Crippen LogP contribution < -0.4 is 20.3 Å². The standard InChI is InChI=1S/C49H59N5O6/c1-32-9-6-7-17-49(32)18-14-42(60-34(3)56)24-41(57)25-45(38-22-39(27-50-4)48(58)46(23-38)59-5)53-30-37-10-8-11-44(43(37)31-53)54(20-16-33(2)55)47-21-35(15-19-52-47)12-13-36-28-51-29-40(36)26-49/h6-11,15,17,21-23,28-32,42,45,50-52,58H,12-14,16,18-20,24-27H2,1-5H3/t32-,42+,45+,49-/m0/s1. The number of allylic oxidation sites excluding steroid dienone is 6. The van der Waals surface area contributed by atoms with Crippen molar-refractivity contribution in [1.29, 1.82) is 0 Å². The number of phenols is 1. The van der Waals surface area contributed by atoms with E-state index in [1.54, 1.807) is 13.0 Å². The molecule has 4 aromatic rings. The van der Waals surface area contributed by atoms with Gasteiger partial charge in [-0.3, -0.25) is 14.4 Å². The van der Waals surface area contributed by atoms with Crippen molar-refractivity contribution >= 4 is 34.0 Å². The van der Waals surface area contributed by atoms with Gasteiger partial charge in [-0.15, -0.1) is 0 Å². The number of H-pyrrole nitrogens is 1. The molecule has 0 amide bonds. The Bertz CT molecular complexity index is 2350. The number of hydrogen-bond acceptors (Lipinski definition) is 9. The Labute approximate surface area is 353 Å². The van der Waals surface area contributed by atoms with E-state index in [1.807, 2.05) is 19.2 Å². The number of hydrogen-bond donors (Lipinski definition) is 4. The monoisotopic (exact) mass is 813 g/mol. The van der Waals surface area contributed by atoms with Crippen molar-refractivity contribution in [3.63, 3.8) is 0 Å². The van der Waals surface area contributed by atoms with Crippen LogP contribution in [0.5, 0.6) is 11.5 Å². The highest BCUT2D eigenvalue weighted by Gasteiger charge is 2.36. The molecule has 2 aromatic carbocycles. The van der Waals surface area contributed by atoms with Gasteiger partial charge in [0.1, 0.15) is 23.5 Å². The summed E-state index contributed by atoms with van der Waals surface area (Å²) in [7, 11) is 3.34. The van der Waals surface area contributed by atoms with Crippen molar-refractivity contribution in [3.05, 3.63) is 125 Å². The van der Waals surface area contributed by atoms with Crippen molar-refractivity contribution in [2.24, 2.45) is 11.3 Å². The lowest BCUT2D eigenvalue weighted by atomic mass is 9.66. The average Bonchev–Trinajstić information content (AvgIpc) is 3.87. The first-order valence-corrected chi connectivity index (χ1v) is 21.2. The Balaban J connectivity index is 1.37. The van der Waals surface area contributed by atoms with Crippen molar-refractivity contribution in [2.45, 2.75) is 90.8 Å². The quantitative estimate of drug-likeness (QED) is 0.130. The lowest BCUT2D eigenvalue weighted by Gasteiger charge is -2.38. The molecule has 4 heterocycles. The maximum Gasteiger partial charge on any atom is 0.302 e. The molecule has 4 atom stereocenters. The molecule has 60 heavy (non-hydrogen) atoms. The van der Waals surface area contributed by atoms with Crippen LogP contribution in [-0.4, -0.2) is 65.5 Å². The predicted molar refractivity (Wildman–Crippen MR) is 236 cm³/mol. The van der Waals surface area contributed by atoms with Gasteiger partial charge < -0.3 is 39.7 Å². The van der Waals surface area contributed by atoms with Gasteiger partial charge >= 0.3 is 5.97 Å². The molecule has 2 aliphatic heterocycles. The summed E-state index contributed by atoms with van der Waals surface area (Å²) in [5, 5.41) is 19.8. The van der Waals surface area contributed by atoms with E-state index in [0.29, 0.717) is 43.8 Å². The summed E-state index contributed by atoms with van der Waals surface area (Å²) >= 11 is 0. The number of Topliss-reactive ketones (excluding diaryl/α,β-unsaturated/α-hetero) is 2. The van der Waals surface area contributed by atoms with E-state index in [9.17, 15) is 19.5 Å². The Morgan fingerprint density at radius 1 is 1.07 bits per heavy atom. The first-order valence-electron chi connectivity index (χ1n) is 21.2. The number of ketones is 2. The zero-order valence-electron chi connectivity index (χ0n) is 35.6. The van der Waals surface area contributed by atoms with Gasteiger partial charge in [0.15, 0.2) is 11.5 Å². The lowest BCUT2D eigenvalue weighted by Crippen LogP contribution is -2.35. The van der Waals surface area contributed by atoms with E-state index in [2.05, 4.69) is 105 Å². The molecule has 11 heteroatoms. The number of rotatable bonds is 8. The molecule has 316 valence electrons. The molecule has 0 unspecified atom stereocenters. The molecular formula is C49H59N5O6. The van der Waals surface area contributed by atoms with E-state index in [1.165, 1.54) is 30.7 Å². The molecule has 2 aromatic heterocycles. The van der Waals surface area contributed by atoms with Crippen LogP contribution in [0.1, 0.15) is 87.6 Å². The molecule has 1 spiro atoms. The number of benzene rings is 2. The fourth-order valence-electron chi connectivity index (χ4n) is 9.22. The van der Waals surface area contributed by atoms with Crippen LogP contribution in [0.25, 0.3) is 10.8 Å². The molecule has 0 saturated heterocycles. The van der Waals surface area contributed by atoms with Gasteiger partial charge in [0.2, 0.25) is 0 Å². The summed E-state index contributed by atoms with van der Waals surface area (Å²) in [6.45, 7) is 6.82. The van der Waals surface area contributed by atoms with Gasteiger partial charge in [-0.2, -0.15) is 0 Å². The maximum absolute atomic E-state index is 14.5. The second-order valence-electron chi connectivity index (χ2n) is 16.7. The molecule has 3 aliphatic rings. The number of fused-ring (bicyclic) bond motifs is 3. The number of aryl methyl sites for hydroxylation is 1. The van der Waals surface area contributed by atoms with Gasteiger partial charge in [0.05, 0.1) is 18.8 Å². The van der Waals surface area contributed by atoms with Crippen LogP contribution in [0.4, 0.5) is 5.69 Å². The smallest absolute Gasteiger partial charge is 0.302 e. The number of carbonyl (C=O) groups excluding carboxylic acids is 3. The number of anilines is 1. The van der Waals surface area contributed by atoms with Gasteiger partial charge in [0.25, 0.3) is 0 Å². The third-order valence-corrected chi connectivity index (χ3v) is 12.5. The molecular weight excluding hydrogens is 755 g/mol. The minimum absolute atomic E-state index is 0.0452. The number of esters is 1.